The highest BCUT2D eigenvalue weighted by atomic mass is 16.7. The summed E-state index contributed by atoms with van der Waals surface area (Å²) >= 11 is 0. The van der Waals surface area contributed by atoms with Gasteiger partial charge in [-0.3, -0.25) is 4.79 Å². The fourth-order valence-corrected chi connectivity index (χ4v) is 7.99. The maximum absolute atomic E-state index is 13.2. The number of aliphatic hydroxyl groups is 4. The van der Waals surface area contributed by atoms with Gasteiger partial charge in [-0.25, -0.2) is 4.79 Å². The molecule has 2 heterocycles. The van der Waals surface area contributed by atoms with Crippen LogP contribution in [0.2, 0.25) is 0 Å². The van der Waals surface area contributed by atoms with Gasteiger partial charge < -0.3 is 34.6 Å². The number of ether oxygens (including phenoxy) is 3. The lowest BCUT2D eigenvalue weighted by Crippen LogP contribution is -2.76. The maximum Gasteiger partial charge on any atom is 0.348 e. The largest absolute Gasteiger partial charge is 0.459 e. The van der Waals surface area contributed by atoms with Gasteiger partial charge in [0.2, 0.25) is 6.10 Å². The minimum atomic E-state index is -2.12. The molecule has 5 rings (SSSR count). The van der Waals surface area contributed by atoms with Crippen molar-refractivity contribution in [3.05, 3.63) is 23.8 Å². The summed E-state index contributed by atoms with van der Waals surface area (Å²) in [6, 6.07) is 0. The molecule has 3 aliphatic carbocycles. The molecule has 0 amide bonds. The Bertz CT molecular complexity index is 973. The quantitative estimate of drug-likeness (QED) is 0.336. The molecule has 9 nitrogen and oxygen atoms in total. The van der Waals surface area contributed by atoms with Gasteiger partial charge in [-0.15, -0.1) is 0 Å². The van der Waals surface area contributed by atoms with Crippen molar-refractivity contribution >= 4 is 11.9 Å². The van der Waals surface area contributed by atoms with E-state index in [0.717, 1.165) is 5.57 Å². The first kappa shape index (κ1) is 23.9. The number of carbonyl (C=O) groups is 2. The van der Waals surface area contributed by atoms with Crippen LogP contribution in [0.3, 0.4) is 0 Å². The Kier molecular flexibility index (Phi) is 5.19. The zero-order valence-corrected chi connectivity index (χ0v) is 19.9. The van der Waals surface area contributed by atoms with E-state index in [1.165, 1.54) is 0 Å². The summed E-state index contributed by atoms with van der Waals surface area (Å²) in [4.78, 5) is 25.8. The fourth-order valence-electron chi connectivity index (χ4n) is 7.99. The molecule has 4 fully saturated rings. The van der Waals surface area contributed by atoms with E-state index in [2.05, 4.69) is 6.58 Å². The van der Waals surface area contributed by atoms with Crippen molar-refractivity contribution in [3.63, 3.8) is 0 Å². The van der Waals surface area contributed by atoms with Crippen LogP contribution < -0.4 is 0 Å². The van der Waals surface area contributed by atoms with Gasteiger partial charge in [-0.2, -0.15) is 0 Å². The lowest BCUT2D eigenvalue weighted by molar-refractivity contribution is -0.318. The predicted molar refractivity (Wildman–Crippen MR) is 117 cm³/mol. The van der Waals surface area contributed by atoms with Crippen molar-refractivity contribution < 1.29 is 44.2 Å². The van der Waals surface area contributed by atoms with Crippen LogP contribution in [0.4, 0.5) is 0 Å². The van der Waals surface area contributed by atoms with Crippen LogP contribution in [0.5, 0.6) is 0 Å². The molecule has 9 heteroatoms. The molecule has 188 valence electrons. The Balaban J connectivity index is 1.68. The van der Waals surface area contributed by atoms with E-state index >= 15 is 0 Å². The zero-order valence-electron chi connectivity index (χ0n) is 19.9. The van der Waals surface area contributed by atoms with Crippen LogP contribution in [0.1, 0.15) is 40.5 Å². The van der Waals surface area contributed by atoms with Gasteiger partial charge in [0.05, 0.1) is 24.2 Å². The molecule has 2 bridgehead atoms. The zero-order chi connectivity index (χ0) is 25.0. The van der Waals surface area contributed by atoms with Crippen LogP contribution in [0.15, 0.2) is 23.8 Å². The summed E-state index contributed by atoms with van der Waals surface area (Å²) < 4.78 is 17.4. The minimum Gasteiger partial charge on any atom is -0.459 e. The number of carbonyl (C=O) groups excluding carboxylic acids is 2. The molecule has 4 N–H and O–H groups in total. The smallest absolute Gasteiger partial charge is 0.348 e. The molecule has 0 aromatic heterocycles. The van der Waals surface area contributed by atoms with E-state index in [1.54, 1.807) is 13.0 Å². The highest BCUT2D eigenvalue weighted by Gasteiger charge is 2.83. The van der Waals surface area contributed by atoms with Gasteiger partial charge in [-0.1, -0.05) is 39.0 Å². The third-order valence-corrected chi connectivity index (χ3v) is 9.22. The Hall–Kier alpha value is -1.78. The summed E-state index contributed by atoms with van der Waals surface area (Å²) in [7, 11) is 0. The summed E-state index contributed by atoms with van der Waals surface area (Å²) in [6.07, 6.45) is -4.12. The van der Waals surface area contributed by atoms with Crippen LogP contribution in [-0.2, 0) is 23.8 Å². The van der Waals surface area contributed by atoms with Crippen molar-refractivity contribution in [1.82, 2.24) is 0 Å². The maximum atomic E-state index is 13.2. The molecule has 1 spiro atoms. The summed E-state index contributed by atoms with van der Waals surface area (Å²) in [5.74, 6) is -5.57. The highest BCUT2D eigenvalue weighted by Crippen LogP contribution is 2.73. The first-order chi connectivity index (χ1) is 15.8. The van der Waals surface area contributed by atoms with Gasteiger partial charge in [0.15, 0.2) is 5.79 Å². The monoisotopic (exact) mass is 478 g/mol. The average molecular weight is 479 g/mol. The molecule has 0 aromatic carbocycles. The van der Waals surface area contributed by atoms with E-state index in [0.29, 0.717) is 6.42 Å². The summed E-state index contributed by atoms with van der Waals surface area (Å²) in [5, 5.41) is 44.9. The normalized spacial score (nSPS) is 51.4. The molecule has 11 atom stereocenters. The van der Waals surface area contributed by atoms with Gasteiger partial charge in [0.1, 0.15) is 12.2 Å². The lowest BCUT2D eigenvalue weighted by atomic mass is 9.38. The molecule has 2 saturated heterocycles. The second kappa shape index (κ2) is 7.36. The molecular weight excluding hydrogens is 444 g/mol. The fraction of sp³-hybridized carbons (Fsp3) is 0.760. The molecular formula is C25H34O9. The van der Waals surface area contributed by atoms with Crippen LogP contribution in [0.25, 0.3) is 0 Å². The number of rotatable bonds is 3. The predicted octanol–water partition coefficient (Wildman–Crippen LogP) is 0.446. The summed E-state index contributed by atoms with van der Waals surface area (Å²) in [5.41, 5.74) is -1.29. The SMILES string of the molecule is C=C1C(O)C2(O)OCC34C(CC5C(C)=CC(O)C(O)C5(C)C23)OC(=O)C(OC(=O)CC(C)C)C14. The number of hydrogen-bond acceptors (Lipinski definition) is 9. The molecule has 0 aromatic rings. The van der Waals surface area contributed by atoms with Crippen LogP contribution >= 0.6 is 0 Å². The molecule has 5 aliphatic rings. The number of hydrogen-bond donors (Lipinski definition) is 4. The second-order valence-corrected chi connectivity index (χ2v) is 11.5. The molecule has 2 saturated carbocycles. The van der Waals surface area contributed by atoms with Crippen molar-refractivity contribution in [1.29, 1.82) is 0 Å². The van der Waals surface area contributed by atoms with Crippen molar-refractivity contribution in [2.45, 2.75) is 76.8 Å². The van der Waals surface area contributed by atoms with Crippen molar-refractivity contribution in [3.8, 4) is 0 Å². The topological polar surface area (TPSA) is 143 Å². The van der Waals surface area contributed by atoms with Gasteiger partial charge in [0.25, 0.3) is 0 Å². The third-order valence-electron chi connectivity index (χ3n) is 9.22. The Morgan fingerprint density at radius 3 is 2.65 bits per heavy atom. The van der Waals surface area contributed by atoms with E-state index in [4.69, 9.17) is 14.2 Å². The minimum absolute atomic E-state index is 0.00816. The highest BCUT2D eigenvalue weighted by molar-refractivity contribution is 5.82. The number of allylic oxidation sites excluding steroid dienone is 1. The van der Waals surface area contributed by atoms with Gasteiger partial charge >= 0.3 is 11.9 Å². The van der Waals surface area contributed by atoms with Crippen molar-refractivity contribution in [2.75, 3.05) is 6.61 Å². The van der Waals surface area contributed by atoms with E-state index in [-0.39, 0.29) is 30.4 Å². The number of esters is 2. The number of aliphatic hydroxyl groups excluding tert-OH is 3. The van der Waals surface area contributed by atoms with Gasteiger partial charge in [-0.05, 0) is 30.8 Å². The van der Waals surface area contributed by atoms with E-state index < -0.39 is 70.9 Å². The first-order valence-corrected chi connectivity index (χ1v) is 12.0. The standard InChI is InChI=1S/C25H34O9/c1-10(2)6-16(27)34-18-17-12(4)19(28)25(31)22-23(5)13(11(3)7-14(26)20(23)29)8-15(33-21(18)30)24(17,22)9-32-25/h7,10,13-15,17-20,22,26,28-29,31H,4,6,8-9H2,1-3,5H3. The van der Waals surface area contributed by atoms with Gasteiger partial charge in [0, 0.05) is 23.7 Å². The summed E-state index contributed by atoms with van der Waals surface area (Å²) in [6.45, 7) is 11.2. The lowest BCUT2D eigenvalue weighted by Gasteiger charge is -2.67. The van der Waals surface area contributed by atoms with Crippen LogP contribution in [0, 0.1) is 34.5 Å². The number of fused-ring (bicyclic) bond motifs is 1. The average Bonchev–Trinajstić information content (AvgIpc) is 3.03. The Morgan fingerprint density at radius 1 is 1.32 bits per heavy atom. The molecule has 2 aliphatic heterocycles. The van der Waals surface area contributed by atoms with E-state index in [1.807, 2.05) is 20.8 Å². The Morgan fingerprint density at radius 2 is 2.00 bits per heavy atom. The van der Waals surface area contributed by atoms with Crippen LogP contribution in [-0.4, -0.2) is 75.3 Å². The molecule has 0 radical (unpaired) electrons. The molecule has 34 heavy (non-hydrogen) atoms. The third kappa shape index (κ3) is 2.73. The first-order valence-electron chi connectivity index (χ1n) is 12.0. The second-order valence-electron chi connectivity index (χ2n) is 11.5. The molecule has 11 unspecified atom stereocenters. The Labute approximate surface area is 198 Å². The van der Waals surface area contributed by atoms with E-state index in [9.17, 15) is 30.0 Å². The van der Waals surface area contributed by atoms with Crippen molar-refractivity contribution in [2.24, 2.45) is 34.5 Å².